The summed E-state index contributed by atoms with van der Waals surface area (Å²) in [4.78, 5) is 22.5. The number of nitro benzene ring substituents is 1. The van der Waals surface area contributed by atoms with Crippen molar-refractivity contribution in [2.45, 2.75) is 37.8 Å². The summed E-state index contributed by atoms with van der Waals surface area (Å²) in [6, 6.07) is 2.67. The van der Waals surface area contributed by atoms with Crippen LogP contribution in [0.4, 0.5) is 11.4 Å². The number of nitrogens with one attached hydrogen (secondary N) is 1. The zero-order chi connectivity index (χ0) is 17.3. The van der Waals surface area contributed by atoms with Crippen LogP contribution in [-0.2, 0) is 9.47 Å². The number of nitro groups is 1. The third-order valence-corrected chi connectivity index (χ3v) is 4.82. The quantitative estimate of drug-likeness (QED) is 0.495. The summed E-state index contributed by atoms with van der Waals surface area (Å²) < 4.78 is 10.4. The van der Waals surface area contributed by atoms with E-state index in [0.29, 0.717) is 18.2 Å². The number of esters is 1. The van der Waals surface area contributed by atoms with Gasteiger partial charge in [-0.25, -0.2) is 4.79 Å². The molecule has 24 heavy (non-hydrogen) atoms. The van der Waals surface area contributed by atoms with Gasteiger partial charge >= 0.3 is 5.97 Å². The van der Waals surface area contributed by atoms with Gasteiger partial charge in [-0.2, -0.15) is 0 Å². The summed E-state index contributed by atoms with van der Waals surface area (Å²) in [5.74, 6) is -0.0793. The highest BCUT2D eigenvalue weighted by Crippen LogP contribution is 2.39. The third kappa shape index (κ3) is 3.62. The van der Waals surface area contributed by atoms with E-state index in [1.54, 1.807) is 0 Å². The molecule has 1 aromatic carbocycles. The number of ether oxygens (including phenoxy) is 2. The highest BCUT2D eigenvalue weighted by Gasteiger charge is 2.36. The average Bonchev–Trinajstić information content (AvgIpc) is 3.39. The predicted molar refractivity (Wildman–Crippen MR) is 88.6 cm³/mol. The SMILES string of the molecule is COC(=O)c1cc([N+](=O)[O-])c(NC2CCOC(C3CC3)C2)cc1Cl. The topological polar surface area (TPSA) is 90.7 Å². The molecule has 1 saturated heterocycles. The van der Waals surface area contributed by atoms with Crippen molar-refractivity contribution < 1.29 is 19.2 Å². The van der Waals surface area contributed by atoms with Crippen LogP contribution in [-0.4, -0.2) is 36.8 Å². The Balaban J connectivity index is 1.82. The maximum Gasteiger partial charge on any atom is 0.339 e. The summed E-state index contributed by atoms with van der Waals surface area (Å²) in [5.41, 5.74) is 0.118. The molecule has 0 bridgehead atoms. The van der Waals surface area contributed by atoms with Crippen LogP contribution in [0.1, 0.15) is 36.0 Å². The van der Waals surface area contributed by atoms with Gasteiger partial charge in [-0.15, -0.1) is 0 Å². The maximum atomic E-state index is 11.7. The minimum Gasteiger partial charge on any atom is -0.465 e. The molecule has 1 aliphatic carbocycles. The maximum absolute atomic E-state index is 11.7. The van der Waals surface area contributed by atoms with Crippen molar-refractivity contribution in [3.8, 4) is 0 Å². The molecule has 1 N–H and O–H groups in total. The fourth-order valence-corrected chi connectivity index (χ4v) is 3.31. The Hall–Kier alpha value is -1.86. The Kier molecular flexibility index (Phi) is 4.91. The zero-order valence-corrected chi connectivity index (χ0v) is 14.0. The molecule has 1 heterocycles. The van der Waals surface area contributed by atoms with E-state index in [1.807, 2.05) is 0 Å². The zero-order valence-electron chi connectivity index (χ0n) is 13.3. The molecule has 2 aliphatic rings. The van der Waals surface area contributed by atoms with Crippen molar-refractivity contribution in [3.63, 3.8) is 0 Å². The van der Waals surface area contributed by atoms with E-state index in [1.165, 1.54) is 26.0 Å². The van der Waals surface area contributed by atoms with Gasteiger partial charge in [0.1, 0.15) is 5.69 Å². The summed E-state index contributed by atoms with van der Waals surface area (Å²) in [6.45, 7) is 0.639. The lowest BCUT2D eigenvalue weighted by Crippen LogP contribution is -2.35. The molecule has 8 heteroatoms. The number of carbonyl (C=O) groups is 1. The Morgan fingerprint density at radius 1 is 1.42 bits per heavy atom. The summed E-state index contributed by atoms with van der Waals surface area (Å²) in [5, 5.41) is 14.7. The minimum absolute atomic E-state index is 0.0146. The lowest BCUT2D eigenvalue weighted by Gasteiger charge is -2.30. The van der Waals surface area contributed by atoms with E-state index in [4.69, 9.17) is 16.3 Å². The molecule has 130 valence electrons. The van der Waals surface area contributed by atoms with Crippen LogP contribution in [0.3, 0.4) is 0 Å². The van der Waals surface area contributed by atoms with Crippen molar-refractivity contribution in [1.82, 2.24) is 0 Å². The molecule has 7 nitrogen and oxygen atoms in total. The Bertz CT molecular complexity index is 662. The number of hydrogen-bond acceptors (Lipinski definition) is 6. The molecule has 0 spiro atoms. The van der Waals surface area contributed by atoms with E-state index in [0.717, 1.165) is 18.9 Å². The van der Waals surface area contributed by atoms with Crippen molar-refractivity contribution in [3.05, 3.63) is 32.8 Å². The molecular weight excluding hydrogens is 336 g/mol. The van der Waals surface area contributed by atoms with Crippen LogP contribution in [0, 0.1) is 16.0 Å². The molecule has 1 aromatic rings. The van der Waals surface area contributed by atoms with Crippen molar-refractivity contribution in [2.75, 3.05) is 19.0 Å². The van der Waals surface area contributed by atoms with Gasteiger partial charge in [-0.1, -0.05) is 11.6 Å². The molecule has 2 fully saturated rings. The third-order valence-electron chi connectivity index (χ3n) is 4.51. The Labute approximate surface area is 144 Å². The molecule has 2 atom stereocenters. The van der Waals surface area contributed by atoms with Gasteiger partial charge in [0, 0.05) is 18.7 Å². The Morgan fingerprint density at radius 2 is 2.17 bits per heavy atom. The fourth-order valence-electron chi connectivity index (χ4n) is 3.07. The minimum atomic E-state index is -0.700. The number of anilines is 1. The number of rotatable bonds is 5. The van der Waals surface area contributed by atoms with Crippen molar-refractivity contribution >= 4 is 28.9 Å². The van der Waals surface area contributed by atoms with Gasteiger partial charge in [0.15, 0.2) is 0 Å². The second kappa shape index (κ2) is 6.94. The van der Waals surface area contributed by atoms with Crippen LogP contribution in [0.2, 0.25) is 5.02 Å². The second-order valence-electron chi connectivity index (χ2n) is 6.21. The van der Waals surface area contributed by atoms with Gasteiger partial charge in [0.05, 0.1) is 28.7 Å². The summed E-state index contributed by atoms with van der Waals surface area (Å²) in [7, 11) is 1.21. The van der Waals surface area contributed by atoms with E-state index in [-0.39, 0.29) is 28.4 Å². The van der Waals surface area contributed by atoms with Crippen LogP contribution < -0.4 is 5.32 Å². The first-order chi connectivity index (χ1) is 11.5. The first-order valence-electron chi connectivity index (χ1n) is 7.94. The molecule has 0 radical (unpaired) electrons. The number of nitrogens with zero attached hydrogens (tertiary/aromatic N) is 1. The summed E-state index contributed by atoms with van der Waals surface area (Å²) >= 11 is 6.10. The lowest BCUT2D eigenvalue weighted by molar-refractivity contribution is -0.384. The smallest absolute Gasteiger partial charge is 0.339 e. The van der Waals surface area contributed by atoms with Crippen LogP contribution >= 0.6 is 11.6 Å². The highest BCUT2D eigenvalue weighted by atomic mass is 35.5. The highest BCUT2D eigenvalue weighted by molar-refractivity contribution is 6.34. The lowest BCUT2D eigenvalue weighted by atomic mass is 9.99. The molecule has 1 aliphatic heterocycles. The van der Waals surface area contributed by atoms with E-state index in [2.05, 4.69) is 10.1 Å². The number of carbonyl (C=O) groups excluding carboxylic acids is 1. The van der Waals surface area contributed by atoms with Gasteiger partial charge in [-0.05, 0) is 37.7 Å². The fraction of sp³-hybridized carbons (Fsp3) is 0.562. The number of benzene rings is 1. The van der Waals surface area contributed by atoms with Gasteiger partial charge in [-0.3, -0.25) is 10.1 Å². The molecule has 1 saturated carbocycles. The summed E-state index contributed by atoms with van der Waals surface area (Å²) in [6.07, 6.45) is 4.20. The molecule has 0 aromatic heterocycles. The first-order valence-corrected chi connectivity index (χ1v) is 8.31. The number of hydrogen-bond donors (Lipinski definition) is 1. The molecule has 0 amide bonds. The molecular formula is C16H19ClN2O5. The van der Waals surface area contributed by atoms with Gasteiger partial charge < -0.3 is 14.8 Å². The molecule has 2 unspecified atom stereocenters. The van der Waals surface area contributed by atoms with Gasteiger partial charge in [0.25, 0.3) is 5.69 Å². The largest absolute Gasteiger partial charge is 0.465 e. The van der Waals surface area contributed by atoms with E-state index in [9.17, 15) is 14.9 Å². The average molecular weight is 355 g/mol. The Morgan fingerprint density at radius 3 is 2.79 bits per heavy atom. The standard InChI is InChI=1S/C16H19ClN2O5/c1-23-16(20)11-7-14(19(21)22)13(8-12(11)17)18-10-4-5-24-15(6-10)9-2-3-9/h7-10,15,18H,2-6H2,1H3. The predicted octanol–water partition coefficient (Wildman–Crippen LogP) is 3.40. The van der Waals surface area contributed by atoms with E-state index < -0.39 is 10.9 Å². The van der Waals surface area contributed by atoms with Crippen LogP contribution in [0.5, 0.6) is 0 Å². The van der Waals surface area contributed by atoms with Gasteiger partial charge in [0.2, 0.25) is 0 Å². The number of methoxy groups -OCH3 is 1. The van der Waals surface area contributed by atoms with E-state index >= 15 is 0 Å². The first kappa shape index (κ1) is 17.0. The monoisotopic (exact) mass is 354 g/mol. The second-order valence-corrected chi connectivity index (χ2v) is 6.62. The molecule has 3 rings (SSSR count). The van der Waals surface area contributed by atoms with Crippen molar-refractivity contribution in [1.29, 1.82) is 0 Å². The number of halogens is 1. The normalized spacial score (nSPS) is 23.6. The van der Waals surface area contributed by atoms with Crippen molar-refractivity contribution in [2.24, 2.45) is 5.92 Å². The van der Waals surface area contributed by atoms with Crippen LogP contribution in [0.15, 0.2) is 12.1 Å². The van der Waals surface area contributed by atoms with Crippen LogP contribution in [0.25, 0.3) is 0 Å².